The maximum Gasteiger partial charge on any atom is 0.115 e. The van der Waals surface area contributed by atoms with Gasteiger partial charge >= 0.3 is 0 Å². The minimum absolute atomic E-state index is 0.00912. The quantitative estimate of drug-likeness (QED) is 0.377. The molecule has 0 saturated carbocycles. The Morgan fingerprint density at radius 3 is 1.41 bits per heavy atom. The van der Waals surface area contributed by atoms with Gasteiger partial charge in [-0.1, -0.05) is 46.6 Å². The molecule has 2 aromatic carbocycles. The number of allylic oxidation sites excluding steroid dienone is 2. The molecule has 0 aliphatic carbocycles. The second-order valence-electron chi connectivity index (χ2n) is 8.05. The minimum Gasteiger partial charge on any atom is -0.312 e. The molecule has 0 unspecified atom stereocenters. The Kier molecular flexibility index (Phi) is 7.44. The molecule has 34 heavy (non-hydrogen) atoms. The molecule has 1 nitrogen and oxygen atoms in total. The van der Waals surface area contributed by atoms with Crippen LogP contribution in [0.2, 0.25) is 0 Å². The summed E-state index contributed by atoms with van der Waals surface area (Å²) in [6.07, 6.45) is 0. The van der Waals surface area contributed by atoms with Crippen molar-refractivity contribution >= 4 is 173 Å². The van der Waals surface area contributed by atoms with E-state index in [0.29, 0.717) is 16.0 Å². The van der Waals surface area contributed by atoms with Crippen LogP contribution in [0.4, 0.5) is 0 Å². The molecule has 0 amide bonds. The summed E-state index contributed by atoms with van der Waals surface area (Å²) in [5, 5.41) is 0.890. The Hall–Kier alpha value is -1.70. The molecule has 0 spiro atoms. The fourth-order valence-electron chi connectivity index (χ4n) is 3.92. The Balaban J connectivity index is 2.96. The van der Waals surface area contributed by atoms with Crippen LogP contribution < -0.4 is 59.7 Å². The highest BCUT2D eigenvalue weighted by Crippen LogP contribution is 2.11. The van der Waals surface area contributed by atoms with E-state index < -0.39 is 0 Å². The van der Waals surface area contributed by atoms with Crippen LogP contribution >= 0.6 is 0 Å². The molecule has 0 aliphatic heterocycles. The van der Waals surface area contributed by atoms with E-state index in [2.05, 4.69) is 0 Å². The van der Waals surface area contributed by atoms with Crippen LogP contribution in [0.25, 0.3) is 27.5 Å². The van der Waals surface area contributed by atoms with Crippen molar-refractivity contribution in [2.75, 3.05) is 0 Å². The first-order chi connectivity index (χ1) is 15.7. The number of hydrogen-bond donors (Lipinski definition) is 0. The highest BCUT2D eigenvalue weighted by atomic mass is 15.0. The normalized spacial score (nSPS) is 14.2. The van der Waals surface area contributed by atoms with Gasteiger partial charge in [0, 0.05) is 16.6 Å². The van der Waals surface area contributed by atoms with Crippen LogP contribution in [0.3, 0.4) is 0 Å². The first-order valence-corrected chi connectivity index (χ1v) is 9.92. The molecule has 1 heterocycles. The van der Waals surface area contributed by atoms with Crippen molar-refractivity contribution in [1.82, 2.24) is 4.57 Å². The van der Waals surface area contributed by atoms with Gasteiger partial charge in [0.25, 0.3) is 0 Å². The lowest BCUT2D eigenvalue weighted by Crippen LogP contribution is -2.57. The third kappa shape index (κ3) is 3.84. The van der Waals surface area contributed by atoms with Crippen LogP contribution in [0.15, 0.2) is 10.9 Å². The average molecular weight is 401 g/mol. The van der Waals surface area contributed by atoms with Crippen molar-refractivity contribution in [3.63, 3.8) is 0 Å². The molecule has 1 aromatic heterocycles. The van der Waals surface area contributed by atoms with Gasteiger partial charge in [0.2, 0.25) is 0 Å². The summed E-state index contributed by atoms with van der Waals surface area (Å²) >= 11 is 0. The SMILES string of the molecule is [B]/C(C)=C([B])/C([B])=c1\c(=C(\[B])C)n(-c2c([B])c([B])c([B])c([B])c2[B])c2c([B])c([B])c([B])c([B])c12. The molecular formula is C20H6B13N. The van der Waals surface area contributed by atoms with Crippen LogP contribution in [0.5, 0.6) is 0 Å². The molecule has 3 aromatic rings. The summed E-state index contributed by atoms with van der Waals surface area (Å²) in [7, 11) is 81.0. The van der Waals surface area contributed by atoms with E-state index in [1.165, 1.54) is 4.57 Å². The molecule has 0 fully saturated rings. The molecule has 130 valence electrons. The predicted molar refractivity (Wildman–Crippen MR) is 159 cm³/mol. The summed E-state index contributed by atoms with van der Waals surface area (Å²) in [4.78, 5) is 0. The fraction of sp³-hybridized carbons (Fsp3) is 0.100. The molecule has 0 N–H and O–H groups in total. The number of hydrogen-bond acceptors (Lipinski definition) is 0. The van der Waals surface area contributed by atoms with Crippen LogP contribution in [0.1, 0.15) is 13.8 Å². The number of rotatable bonds is 2. The smallest absolute Gasteiger partial charge is 0.115 e. The van der Waals surface area contributed by atoms with E-state index in [1.807, 2.05) is 0 Å². The molecule has 0 aliphatic rings. The van der Waals surface area contributed by atoms with Crippen molar-refractivity contribution in [1.29, 1.82) is 0 Å². The van der Waals surface area contributed by atoms with Crippen LogP contribution in [-0.4, -0.2) is 107 Å². The Morgan fingerprint density at radius 1 is 0.559 bits per heavy atom. The van der Waals surface area contributed by atoms with E-state index in [0.717, 1.165) is 0 Å². The fourth-order valence-corrected chi connectivity index (χ4v) is 3.92. The van der Waals surface area contributed by atoms with Crippen LogP contribution in [0, 0.1) is 0 Å². The monoisotopic (exact) mass is 403 g/mol. The third-order valence-corrected chi connectivity index (χ3v) is 5.82. The lowest BCUT2D eigenvalue weighted by atomic mass is 9.61. The third-order valence-electron chi connectivity index (χ3n) is 5.82. The van der Waals surface area contributed by atoms with Crippen molar-refractivity contribution < 1.29 is 0 Å². The first kappa shape index (κ1) is 26.9. The lowest BCUT2D eigenvalue weighted by Gasteiger charge is -2.24. The van der Waals surface area contributed by atoms with E-state index in [4.69, 9.17) is 102 Å². The maximum absolute atomic E-state index is 6.47. The second-order valence-corrected chi connectivity index (χ2v) is 8.05. The van der Waals surface area contributed by atoms with Gasteiger partial charge in [-0.3, -0.25) is 0 Å². The van der Waals surface area contributed by atoms with Gasteiger partial charge in [-0.15, -0.1) is 38.3 Å². The highest BCUT2D eigenvalue weighted by Gasteiger charge is 2.21. The highest BCUT2D eigenvalue weighted by molar-refractivity contribution is 6.69. The second kappa shape index (κ2) is 9.40. The van der Waals surface area contributed by atoms with E-state index >= 15 is 0 Å². The van der Waals surface area contributed by atoms with Crippen molar-refractivity contribution in [2.24, 2.45) is 0 Å². The Bertz CT molecular complexity index is 1510. The van der Waals surface area contributed by atoms with Crippen molar-refractivity contribution in [2.45, 2.75) is 13.8 Å². The van der Waals surface area contributed by atoms with E-state index in [9.17, 15) is 0 Å². The summed E-state index contributed by atoms with van der Waals surface area (Å²) < 4.78 is 1.52. The zero-order valence-corrected chi connectivity index (χ0v) is 19.0. The van der Waals surface area contributed by atoms with Gasteiger partial charge in [0.15, 0.2) is 0 Å². The Morgan fingerprint density at radius 2 is 0.971 bits per heavy atom. The summed E-state index contributed by atoms with van der Waals surface area (Å²) in [6, 6.07) is 0. The summed E-state index contributed by atoms with van der Waals surface area (Å²) in [6.45, 7) is 3.20. The van der Waals surface area contributed by atoms with Gasteiger partial charge < -0.3 is 4.57 Å². The average Bonchev–Trinajstić information content (AvgIpc) is 3.13. The van der Waals surface area contributed by atoms with Crippen molar-refractivity contribution in [3.05, 3.63) is 21.5 Å². The topological polar surface area (TPSA) is 4.93 Å². The molecular weight excluding hydrogens is 395 g/mol. The first-order valence-electron chi connectivity index (χ1n) is 9.92. The largest absolute Gasteiger partial charge is 0.312 e. The van der Waals surface area contributed by atoms with Gasteiger partial charge in [-0.2, -0.15) is 0 Å². The van der Waals surface area contributed by atoms with E-state index in [1.54, 1.807) is 13.8 Å². The van der Waals surface area contributed by atoms with Gasteiger partial charge in [0.1, 0.15) is 102 Å². The van der Waals surface area contributed by atoms with Crippen LogP contribution in [-0.2, 0) is 0 Å². The van der Waals surface area contributed by atoms with Gasteiger partial charge in [-0.05, 0) is 10.6 Å². The minimum atomic E-state index is 0.00912. The lowest BCUT2D eigenvalue weighted by molar-refractivity contribution is 1.09. The zero-order valence-electron chi connectivity index (χ0n) is 19.0. The van der Waals surface area contributed by atoms with Gasteiger partial charge in [-0.25, -0.2) is 0 Å². The molecule has 0 atom stereocenters. The maximum atomic E-state index is 6.47. The van der Waals surface area contributed by atoms with Crippen molar-refractivity contribution in [3.8, 4) is 5.69 Å². The predicted octanol–water partition coefficient (Wildman–Crippen LogP) is -9.08. The molecule has 26 radical (unpaired) electrons. The van der Waals surface area contributed by atoms with Gasteiger partial charge in [0.05, 0.1) is 0 Å². The summed E-state index contributed by atoms with van der Waals surface area (Å²) in [5.41, 5.74) is 1.36. The molecule has 0 saturated heterocycles. The summed E-state index contributed by atoms with van der Waals surface area (Å²) in [5.74, 6) is 0. The Labute approximate surface area is 218 Å². The number of benzene rings is 2. The zero-order chi connectivity index (χ0) is 26.0. The van der Waals surface area contributed by atoms with E-state index in [-0.39, 0.29) is 82.3 Å². The molecule has 14 heteroatoms. The standard InChI is InChI=1S/C20H6B13N/c1-3(21)7(23)8(24)5-6-9(25)10(26)12(28)15(31)19(6)34(18(5)4(2)22)20-16(32)13(29)11(27)14(30)17(20)33/h1-2H3/b7-3-,8-5+,18-4-. The number of aromatic nitrogens is 1. The molecule has 0 bridgehead atoms. The molecule has 3 rings (SSSR count). The number of nitrogens with zero attached hydrogens (tertiary/aromatic N) is 1. The number of fused-ring (bicyclic) bond motifs is 1.